The standard InChI is InChI=1S/C20H26F2N2O5/c1-4-28-20(27)14-6-5-9-24(11-14)18(25)12-23(3)19(26)13(2)29-15-7-8-16(21)17(22)10-15/h7-8,10,13-14H,4-6,9,11-12H2,1-3H3. The fourth-order valence-electron chi connectivity index (χ4n) is 3.15. The van der Waals surface area contributed by atoms with Gasteiger partial charge in [0.05, 0.1) is 19.1 Å². The number of rotatable bonds is 7. The molecule has 2 unspecified atom stereocenters. The quantitative estimate of drug-likeness (QED) is 0.641. The lowest BCUT2D eigenvalue weighted by Gasteiger charge is -2.33. The fraction of sp³-hybridized carbons (Fsp3) is 0.550. The first-order chi connectivity index (χ1) is 13.7. The molecule has 7 nitrogen and oxygen atoms in total. The molecule has 1 aliphatic heterocycles. The van der Waals surface area contributed by atoms with E-state index in [1.54, 1.807) is 11.8 Å². The molecule has 0 aliphatic carbocycles. The number of nitrogens with zero attached hydrogens (tertiary/aromatic N) is 2. The Morgan fingerprint density at radius 3 is 2.66 bits per heavy atom. The van der Waals surface area contributed by atoms with Gasteiger partial charge in [0.1, 0.15) is 5.75 Å². The Kier molecular flexibility index (Phi) is 7.92. The smallest absolute Gasteiger partial charge is 0.310 e. The Morgan fingerprint density at radius 2 is 2.00 bits per heavy atom. The van der Waals surface area contributed by atoms with Crippen LogP contribution in [0.2, 0.25) is 0 Å². The van der Waals surface area contributed by atoms with Crippen molar-refractivity contribution in [1.82, 2.24) is 9.80 Å². The molecule has 0 spiro atoms. The minimum Gasteiger partial charge on any atom is -0.481 e. The van der Waals surface area contributed by atoms with Crippen LogP contribution in [-0.4, -0.2) is 67.0 Å². The summed E-state index contributed by atoms with van der Waals surface area (Å²) in [6.07, 6.45) is 0.352. The number of benzene rings is 1. The first kappa shape index (κ1) is 22.6. The number of esters is 1. The summed E-state index contributed by atoms with van der Waals surface area (Å²) in [6.45, 7) is 4.07. The van der Waals surface area contributed by atoms with Gasteiger partial charge in [-0.2, -0.15) is 0 Å². The molecular weight excluding hydrogens is 386 g/mol. The van der Waals surface area contributed by atoms with Crippen molar-refractivity contribution in [2.75, 3.05) is 33.3 Å². The van der Waals surface area contributed by atoms with E-state index in [4.69, 9.17) is 9.47 Å². The van der Waals surface area contributed by atoms with Crippen LogP contribution in [0.3, 0.4) is 0 Å². The van der Waals surface area contributed by atoms with Crippen molar-refractivity contribution < 1.29 is 32.6 Å². The van der Waals surface area contributed by atoms with Gasteiger partial charge in [-0.05, 0) is 38.8 Å². The maximum absolute atomic E-state index is 13.3. The van der Waals surface area contributed by atoms with E-state index in [0.717, 1.165) is 12.1 Å². The zero-order chi connectivity index (χ0) is 21.6. The molecule has 9 heteroatoms. The molecule has 1 heterocycles. The van der Waals surface area contributed by atoms with Crippen LogP contribution in [0, 0.1) is 17.6 Å². The van der Waals surface area contributed by atoms with Crippen LogP contribution < -0.4 is 4.74 Å². The van der Waals surface area contributed by atoms with Crippen molar-refractivity contribution in [1.29, 1.82) is 0 Å². The molecule has 29 heavy (non-hydrogen) atoms. The highest BCUT2D eigenvalue weighted by molar-refractivity contribution is 5.87. The summed E-state index contributed by atoms with van der Waals surface area (Å²) in [5.74, 6) is -3.52. The lowest BCUT2D eigenvalue weighted by molar-refractivity contribution is -0.152. The van der Waals surface area contributed by atoms with Gasteiger partial charge in [0.25, 0.3) is 5.91 Å². The van der Waals surface area contributed by atoms with E-state index in [-0.39, 0.29) is 43.2 Å². The number of amides is 2. The minimum absolute atomic E-state index is 0.0118. The van der Waals surface area contributed by atoms with Crippen LogP contribution >= 0.6 is 0 Å². The van der Waals surface area contributed by atoms with Crippen LogP contribution in [0.4, 0.5) is 8.78 Å². The first-order valence-electron chi connectivity index (χ1n) is 9.54. The number of ether oxygens (including phenoxy) is 2. The third-order valence-electron chi connectivity index (χ3n) is 4.69. The van der Waals surface area contributed by atoms with Crippen molar-refractivity contribution in [3.05, 3.63) is 29.8 Å². The molecule has 1 aromatic rings. The number of hydrogen-bond acceptors (Lipinski definition) is 5. The third-order valence-corrected chi connectivity index (χ3v) is 4.69. The molecule has 2 atom stereocenters. The largest absolute Gasteiger partial charge is 0.481 e. The summed E-state index contributed by atoms with van der Waals surface area (Å²) in [7, 11) is 1.46. The maximum atomic E-state index is 13.3. The van der Waals surface area contributed by atoms with Gasteiger partial charge in [0.15, 0.2) is 17.7 Å². The van der Waals surface area contributed by atoms with E-state index in [9.17, 15) is 23.2 Å². The second-order valence-corrected chi connectivity index (χ2v) is 6.96. The van der Waals surface area contributed by atoms with Gasteiger partial charge in [-0.3, -0.25) is 14.4 Å². The Morgan fingerprint density at radius 1 is 1.28 bits per heavy atom. The van der Waals surface area contributed by atoms with E-state index in [1.165, 1.54) is 24.9 Å². The zero-order valence-electron chi connectivity index (χ0n) is 16.8. The second-order valence-electron chi connectivity index (χ2n) is 6.96. The molecule has 1 fully saturated rings. The number of likely N-dealkylation sites (N-methyl/N-ethyl adjacent to an activating group) is 1. The SMILES string of the molecule is CCOC(=O)C1CCCN(C(=O)CN(C)C(=O)C(C)Oc2ccc(F)c(F)c2)C1. The van der Waals surface area contributed by atoms with Gasteiger partial charge in [0, 0.05) is 26.2 Å². The second kappa shape index (κ2) is 10.2. The summed E-state index contributed by atoms with van der Waals surface area (Å²) in [5, 5.41) is 0. The predicted octanol–water partition coefficient (Wildman–Crippen LogP) is 1.99. The fourth-order valence-corrected chi connectivity index (χ4v) is 3.15. The molecule has 0 saturated carbocycles. The maximum Gasteiger partial charge on any atom is 0.310 e. The van der Waals surface area contributed by atoms with Gasteiger partial charge in [-0.1, -0.05) is 0 Å². The highest BCUT2D eigenvalue weighted by Crippen LogP contribution is 2.19. The number of likely N-dealkylation sites (tertiary alicyclic amines) is 1. The van der Waals surface area contributed by atoms with Crippen LogP contribution in [0.15, 0.2) is 18.2 Å². The van der Waals surface area contributed by atoms with Crippen LogP contribution in [0.5, 0.6) is 5.75 Å². The Bertz CT molecular complexity index is 758. The molecule has 160 valence electrons. The van der Waals surface area contributed by atoms with E-state index in [0.29, 0.717) is 19.4 Å². The van der Waals surface area contributed by atoms with E-state index >= 15 is 0 Å². The molecule has 0 radical (unpaired) electrons. The summed E-state index contributed by atoms with van der Waals surface area (Å²) in [5.41, 5.74) is 0. The van der Waals surface area contributed by atoms with Crippen molar-refractivity contribution in [2.45, 2.75) is 32.8 Å². The van der Waals surface area contributed by atoms with Crippen molar-refractivity contribution in [3.63, 3.8) is 0 Å². The minimum atomic E-state index is -1.08. The average molecular weight is 412 g/mol. The molecule has 2 amide bonds. The highest BCUT2D eigenvalue weighted by Gasteiger charge is 2.30. The number of piperidine rings is 1. The molecule has 2 rings (SSSR count). The lowest BCUT2D eigenvalue weighted by Crippen LogP contribution is -2.48. The molecular formula is C20H26F2N2O5. The molecule has 0 N–H and O–H groups in total. The number of halogens is 2. The summed E-state index contributed by atoms with van der Waals surface area (Å²) < 4.78 is 36.6. The molecule has 0 bridgehead atoms. The molecule has 1 aliphatic rings. The topological polar surface area (TPSA) is 76.2 Å². The van der Waals surface area contributed by atoms with Gasteiger partial charge in [0.2, 0.25) is 5.91 Å². The van der Waals surface area contributed by atoms with Crippen molar-refractivity contribution >= 4 is 17.8 Å². The summed E-state index contributed by atoms with van der Waals surface area (Å²) in [4.78, 5) is 39.7. The molecule has 1 aromatic carbocycles. The van der Waals surface area contributed by atoms with Crippen LogP contribution in [-0.2, 0) is 19.1 Å². The Labute approximate surface area is 168 Å². The van der Waals surface area contributed by atoms with Gasteiger partial charge >= 0.3 is 5.97 Å². The van der Waals surface area contributed by atoms with Gasteiger partial charge < -0.3 is 19.3 Å². The van der Waals surface area contributed by atoms with Crippen LogP contribution in [0.25, 0.3) is 0 Å². The molecule has 0 aromatic heterocycles. The van der Waals surface area contributed by atoms with E-state index < -0.39 is 23.6 Å². The lowest BCUT2D eigenvalue weighted by atomic mass is 9.98. The van der Waals surface area contributed by atoms with E-state index in [1.807, 2.05) is 0 Å². The van der Waals surface area contributed by atoms with Gasteiger partial charge in [-0.15, -0.1) is 0 Å². The zero-order valence-corrected chi connectivity index (χ0v) is 16.8. The number of hydrogen-bond donors (Lipinski definition) is 0. The Balaban J connectivity index is 1.89. The average Bonchev–Trinajstić information content (AvgIpc) is 2.70. The third kappa shape index (κ3) is 6.13. The first-order valence-corrected chi connectivity index (χ1v) is 9.54. The van der Waals surface area contributed by atoms with E-state index in [2.05, 4.69) is 0 Å². The highest BCUT2D eigenvalue weighted by atomic mass is 19.2. The van der Waals surface area contributed by atoms with Crippen molar-refractivity contribution in [3.8, 4) is 5.75 Å². The van der Waals surface area contributed by atoms with Crippen LogP contribution in [0.1, 0.15) is 26.7 Å². The summed E-state index contributed by atoms with van der Waals surface area (Å²) >= 11 is 0. The number of carbonyl (C=O) groups excluding carboxylic acids is 3. The molecule has 1 saturated heterocycles. The Hall–Kier alpha value is -2.71. The monoisotopic (exact) mass is 412 g/mol. The number of carbonyl (C=O) groups is 3. The summed E-state index contributed by atoms with van der Waals surface area (Å²) in [6, 6.07) is 2.98. The normalized spacial score (nSPS) is 17.4. The van der Waals surface area contributed by atoms with Crippen molar-refractivity contribution in [2.24, 2.45) is 5.92 Å². The predicted molar refractivity (Wildman–Crippen MR) is 100 cm³/mol. The van der Waals surface area contributed by atoms with Gasteiger partial charge in [-0.25, -0.2) is 8.78 Å².